The van der Waals surface area contributed by atoms with Crippen LogP contribution < -0.4 is 4.74 Å². The van der Waals surface area contributed by atoms with Gasteiger partial charge in [0, 0.05) is 24.0 Å². The minimum absolute atomic E-state index is 0.493. The highest BCUT2D eigenvalue weighted by Crippen LogP contribution is 2.21. The largest absolute Gasteiger partial charge is 0.491 e. The molecule has 1 heterocycles. The lowest BCUT2D eigenvalue weighted by Crippen LogP contribution is -2.07. The molecule has 0 fully saturated rings. The first-order valence-electron chi connectivity index (χ1n) is 6.25. The number of carboxylic acids is 1. The zero-order valence-corrected chi connectivity index (χ0v) is 11.2. The molecule has 5 nitrogen and oxygen atoms in total. The molecule has 20 heavy (non-hydrogen) atoms. The third kappa shape index (κ3) is 3.98. The first-order chi connectivity index (χ1) is 9.65. The number of hydrogen-bond donors (Lipinski definition) is 1. The van der Waals surface area contributed by atoms with Crippen molar-refractivity contribution < 1.29 is 14.6 Å². The minimum Gasteiger partial charge on any atom is -0.491 e. The molecule has 1 aromatic carbocycles. The predicted molar refractivity (Wildman–Crippen MR) is 75.6 cm³/mol. The summed E-state index contributed by atoms with van der Waals surface area (Å²) in [5.74, 6) is -0.302. The van der Waals surface area contributed by atoms with Gasteiger partial charge >= 0.3 is 5.97 Å². The van der Waals surface area contributed by atoms with Gasteiger partial charge in [-0.05, 0) is 25.1 Å². The molecule has 2 rings (SSSR count). The van der Waals surface area contributed by atoms with E-state index >= 15 is 0 Å². The number of aryl methyl sites for hydroxylation is 1. The number of benzene rings is 1. The number of carbonyl (C=O) groups is 1. The molecular formula is C15H16N2O3. The minimum atomic E-state index is -0.976. The Hall–Kier alpha value is -2.56. The SMILES string of the molecule is Cc1ccc(OCCn2ccnc2)c(C=CC(=O)O)c1. The van der Waals surface area contributed by atoms with Gasteiger partial charge in [-0.3, -0.25) is 0 Å². The lowest BCUT2D eigenvalue weighted by molar-refractivity contribution is -0.131. The van der Waals surface area contributed by atoms with Gasteiger partial charge in [-0.1, -0.05) is 11.6 Å². The molecular weight excluding hydrogens is 256 g/mol. The summed E-state index contributed by atoms with van der Waals surface area (Å²) in [6, 6.07) is 5.68. The Morgan fingerprint density at radius 1 is 1.50 bits per heavy atom. The summed E-state index contributed by atoms with van der Waals surface area (Å²) in [6.45, 7) is 3.14. The molecule has 1 N–H and O–H groups in total. The number of ether oxygens (including phenoxy) is 1. The molecule has 0 saturated heterocycles. The summed E-state index contributed by atoms with van der Waals surface area (Å²) < 4.78 is 7.62. The summed E-state index contributed by atoms with van der Waals surface area (Å²) in [7, 11) is 0. The second kappa shape index (κ2) is 6.56. The Labute approximate surface area is 117 Å². The van der Waals surface area contributed by atoms with Crippen molar-refractivity contribution in [1.29, 1.82) is 0 Å². The van der Waals surface area contributed by atoms with Crippen LogP contribution >= 0.6 is 0 Å². The number of imidazole rings is 1. The number of aromatic nitrogens is 2. The maximum atomic E-state index is 10.6. The number of carboxylic acid groups (broad SMARTS) is 1. The Kier molecular flexibility index (Phi) is 4.55. The molecule has 0 saturated carbocycles. The number of aliphatic carboxylic acids is 1. The third-order valence-electron chi connectivity index (χ3n) is 2.74. The summed E-state index contributed by atoms with van der Waals surface area (Å²) in [6.07, 6.45) is 7.96. The van der Waals surface area contributed by atoms with Crippen molar-refractivity contribution in [2.75, 3.05) is 6.61 Å². The molecule has 0 radical (unpaired) electrons. The first kappa shape index (κ1) is 13.9. The van der Waals surface area contributed by atoms with Crippen molar-refractivity contribution in [3.8, 4) is 5.75 Å². The smallest absolute Gasteiger partial charge is 0.328 e. The van der Waals surface area contributed by atoms with Gasteiger partial charge in [0.1, 0.15) is 12.4 Å². The van der Waals surface area contributed by atoms with Crippen LogP contribution in [0.15, 0.2) is 43.0 Å². The maximum Gasteiger partial charge on any atom is 0.328 e. The molecule has 2 aromatic rings. The molecule has 0 aliphatic rings. The van der Waals surface area contributed by atoms with Gasteiger partial charge in [-0.25, -0.2) is 9.78 Å². The zero-order valence-electron chi connectivity index (χ0n) is 11.2. The second-order valence-electron chi connectivity index (χ2n) is 4.36. The average Bonchev–Trinajstić information content (AvgIpc) is 2.91. The van der Waals surface area contributed by atoms with E-state index in [-0.39, 0.29) is 0 Å². The van der Waals surface area contributed by atoms with Crippen LogP contribution in [0.3, 0.4) is 0 Å². The molecule has 1 aromatic heterocycles. The van der Waals surface area contributed by atoms with E-state index in [0.717, 1.165) is 17.2 Å². The van der Waals surface area contributed by atoms with Crippen LogP contribution in [0, 0.1) is 6.92 Å². The highest BCUT2D eigenvalue weighted by Gasteiger charge is 2.02. The van der Waals surface area contributed by atoms with Gasteiger partial charge in [0.25, 0.3) is 0 Å². The Bertz CT molecular complexity index is 604. The molecule has 0 atom stereocenters. The van der Waals surface area contributed by atoms with E-state index in [1.165, 1.54) is 0 Å². The van der Waals surface area contributed by atoms with Crippen LogP contribution in [0.2, 0.25) is 0 Å². The summed E-state index contributed by atoms with van der Waals surface area (Å²) in [5, 5.41) is 8.70. The molecule has 0 aliphatic heterocycles. The van der Waals surface area contributed by atoms with Crippen LogP contribution in [0.5, 0.6) is 5.75 Å². The lowest BCUT2D eigenvalue weighted by Gasteiger charge is -2.10. The van der Waals surface area contributed by atoms with E-state index in [0.29, 0.717) is 18.9 Å². The summed E-state index contributed by atoms with van der Waals surface area (Å²) >= 11 is 0. The van der Waals surface area contributed by atoms with Gasteiger partial charge in [0.05, 0.1) is 12.9 Å². The van der Waals surface area contributed by atoms with E-state index in [1.54, 1.807) is 18.6 Å². The van der Waals surface area contributed by atoms with Crippen LogP contribution in [0.25, 0.3) is 6.08 Å². The van der Waals surface area contributed by atoms with Crippen LogP contribution in [-0.4, -0.2) is 27.2 Å². The first-order valence-corrected chi connectivity index (χ1v) is 6.25. The van der Waals surface area contributed by atoms with Crippen LogP contribution in [0.1, 0.15) is 11.1 Å². The molecule has 0 unspecified atom stereocenters. The van der Waals surface area contributed by atoms with Gasteiger partial charge in [0.15, 0.2) is 0 Å². The van der Waals surface area contributed by atoms with E-state index in [1.807, 2.05) is 35.9 Å². The van der Waals surface area contributed by atoms with E-state index in [4.69, 9.17) is 9.84 Å². The number of nitrogens with zero attached hydrogens (tertiary/aromatic N) is 2. The Balaban J connectivity index is 2.04. The quantitative estimate of drug-likeness (QED) is 0.820. The fourth-order valence-electron chi connectivity index (χ4n) is 1.77. The van der Waals surface area contributed by atoms with E-state index < -0.39 is 5.97 Å². The Morgan fingerprint density at radius 3 is 3.05 bits per heavy atom. The topological polar surface area (TPSA) is 64.4 Å². The Morgan fingerprint density at radius 2 is 2.35 bits per heavy atom. The molecule has 104 valence electrons. The van der Waals surface area contributed by atoms with Gasteiger partial charge < -0.3 is 14.4 Å². The van der Waals surface area contributed by atoms with E-state index in [9.17, 15) is 4.79 Å². The summed E-state index contributed by atoms with van der Waals surface area (Å²) in [5.41, 5.74) is 1.81. The van der Waals surface area contributed by atoms with Gasteiger partial charge in [0.2, 0.25) is 0 Å². The van der Waals surface area contributed by atoms with E-state index in [2.05, 4.69) is 4.98 Å². The van der Waals surface area contributed by atoms with Crippen molar-refractivity contribution in [2.45, 2.75) is 13.5 Å². The monoisotopic (exact) mass is 272 g/mol. The molecule has 0 spiro atoms. The van der Waals surface area contributed by atoms with Crippen molar-refractivity contribution in [1.82, 2.24) is 9.55 Å². The highest BCUT2D eigenvalue weighted by atomic mass is 16.5. The normalized spacial score (nSPS) is 10.8. The van der Waals surface area contributed by atoms with Crippen molar-refractivity contribution in [3.63, 3.8) is 0 Å². The van der Waals surface area contributed by atoms with Crippen molar-refractivity contribution >= 4 is 12.0 Å². The fourth-order valence-corrected chi connectivity index (χ4v) is 1.77. The van der Waals surface area contributed by atoms with Gasteiger partial charge in [-0.2, -0.15) is 0 Å². The summed E-state index contributed by atoms with van der Waals surface area (Å²) in [4.78, 5) is 14.6. The van der Waals surface area contributed by atoms with Crippen molar-refractivity contribution in [2.24, 2.45) is 0 Å². The zero-order chi connectivity index (χ0) is 14.4. The lowest BCUT2D eigenvalue weighted by atomic mass is 10.1. The highest BCUT2D eigenvalue weighted by molar-refractivity contribution is 5.85. The molecule has 0 amide bonds. The number of rotatable bonds is 6. The fraction of sp³-hybridized carbons (Fsp3) is 0.200. The van der Waals surface area contributed by atoms with Crippen LogP contribution in [0.4, 0.5) is 0 Å². The van der Waals surface area contributed by atoms with Crippen LogP contribution in [-0.2, 0) is 11.3 Å². The van der Waals surface area contributed by atoms with Gasteiger partial charge in [-0.15, -0.1) is 0 Å². The molecule has 0 aliphatic carbocycles. The van der Waals surface area contributed by atoms with Crippen molar-refractivity contribution in [3.05, 3.63) is 54.1 Å². The predicted octanol–water partition coefficient (Wildman–Crippen LogP) is 2.37. The second-order valence-corrected chi connectivity index (χ2v) is 4.36. The molecule has 0 bridgehead atoms. The maximum absolute atomic E-state index is 10.6. The molecule has 5 heteroatoms. The third-order valence-corrected chi connectivity index (χ3v) is 2.74. The standard InChI is InChI=1S/C15H16N2O3/c1-12-2-4-14(13(10-12)3-5-15(18)19)20-9-8-17-7-6-16-11-17/h2-7,10-11H,8-9H2,1H3,(H,18,19). The average molecular weight is 272 g/mol. The number of hydrogen-bond acceptors (Lipinski definition) is 3.